The van der Waals surface area contributed by atoms with Gasteiger partial charge in [-0.25, -0.2) is 0 Å². The highest BCUT2D eigenvalue weighted by atomic mass is 35.5. The van der Waals surface area contributed by atoms with Crippen molar-refractivity contribution in [2.75, 3.05) is 0 Å². The first-order valence-electron chi connectivity index (χ1n) is 4.12. The molecule has 1 aromatic carbocycles. The summed E-state index contributed by atoms with van der Waals surface area (Å²) in [6, 6.07) is 5.43. The highest BCUT2D eigenvalue weighted by Crippen LogP contribution is 2.25. The van der Waals surface area contributed by atoms with Crippen LogP contribution in [0.5, 0.6) is 0 Å². The summed E-state index contributed by atoms with van der Waals surface area (Å²) in [5.74, 6) is 0. The number of carbonyl (C=O) groups is 1. The SMILES string of the molecule is O=CCCCc1c(Cl)cccc1Cl. The molecule has 0 radical (unpaired) electrons. The van der Waals surface area contributed by atoms with E-state index in [1.807, 2.05) is 18.2 Å². The molecule has 0 amide bonds. The van der Waals surface area contributed by atoms with Crippen molar-refractivity contribution in [3.05, 3.63) is 33.8 Å². The third-order valence-electron chi connectivity index (χ3n) is 1.81. The van der Waals surface area contributed by atoms with Gasteiger partial charge in [0.2, 0.25) is 0 Å². The van der Waals surface area contributed by atoms with Crippen molar-refractivity contribution in [2.24, 2.45) is 0 Å². The molecule has 0 saturated heterocycles. The summed E-state index contributed by atoms with van der Waals surface area (Å²) in [7, 11) is 0. The first-order chi connectivity index (χ1) is 6.25. The van der Waals surface area contributed by atoms with E-state index in [-0.39, 0.29) is 0 Å². The minimum Gasteiger partial charge on any atom is -0.303 e. The van der Waals surface area contributed by atoms with E-state index >= 15 is 0 Å². The summed E-state index contributed by atoms with van der Waals surface area (Å²) in [5, 5.41) is 1.36. The van der Waals surface area contributed by atoms with Gasteiger partial charge in [0.25, 0.3) is 0 Å². The van der Waals surface area contributed by atoms with Crippen LogP contribution in [0.1, 0.15) is 18.4 Å². The van der Waals surface area contributed by atoms with E-state index < -0.39 is 0 Å². The highest BCUT2D eigenvalue weighted by Gasteiger charge is 2.03. The zero-order valence-corrected chi connectivity index (χ0v) is 8.61. The molecule has 1 aromatic rings. The topological polar surface area (TPSA) is 17.1 Å². The Morgan fingerprint density at radius 3 is 2.38 bits per heavy atom. The summed E-state index contributed by atoms with van der Waals surface area (Å²) >= 11 is 11.9. The molecule has 13 heavy (non-hydrogen) atoms. The van der Waals surface area contributed by atoms with Crippen LogP contribution in [0.2, 0.25) is 10.0 Å². The highest BCUT2D eigenvalue weighted by molar-refractivity contribution is 6.35. The summed E-state index contributed by atoms with van der Waals surface area (Å²) in [4.78, 5) is 10.1. The predicted octanol–water partition coefficient (Wildman–Crippen LogP) is 3.52. The van der Waals surface area contributed by atoms with E-state index in [2.05, 4.69) is 0 Å². The second kappa shape index (κ2) is 5.25. The van der Waals surface area contributed by atoms with Crippen LogP contribution in [-0.4, -0.2) is 6.29 Å². The molecule has 0 aliphatic heterocycles. The zero-order valence-electron chi connectivity index (χ0n) is 7.09. The average molecular weight is 217 g/mol. The lowest BCUT2D eigenvalue weighted by Crippen LogP contribution is -1.89. The van der Waals surface area contributed by atoms with E-state index in [0.717, 1.165) is 24.7 Å². The molecule has 1 rings (SSSR count). The fraction of sp³-hybridized carbons (Fsp3) is 0.300. The smallest absolute Gasteiger partial charge is 0.120 e. The number of carbonyl (C=O) groups excluding carboxylic acids is 1. The summed E-state index contributed by atoms with van der Waals surface area (Å²) in [5.41, 5.74) is 0.938. The maximum Gasteiger partial charge on any atom is 0.120 e. The van der Waals surface area contributed by atoms with Crippen LogP contribution in [0.3, 0.4) is 0 Å². The van der Waals surface area contributed by atoms with Gasteiger partial charge in [-0.15, -0.1) is 0 Å². The number of rotatable bonds is 4. The van der Waals surface area contributed by atoms with Gasteiger partial charge in [0.1, 0.15) is 6.29 Å². The summed E-state index contributed by atoms with van der Waals surface area (Å²) in [6.45, 7) is 0. The van der Waals surface area contributed by atoms with Crippen LogP contribution in [0.25, 0.3) is 0 Å². The van der Waals surface area contributed by atoms with Crippen molar-refractivity contribution in [2.45, 2.75) is 19.3 Å². The molecule has 0 aromatic heterocycles. The first-order valence-corrected chi connectivity index (χ1v) is 4.88. The molecule has 0 bridgehead atoms. The minimum atomic E-state index is 0.557. The fourth-order valence-corrected chi connectivity index (χ4v) is 1.72. The molecule has 0 fully saturated rings. The molecule has 0 N–H and O–H groups in total. The Labute approximate surface area is 87.7 Å². The first kappa shape index (κ1) is 10.6. The second-order valence-electron chi connectivity index (χ2n) is 2.76. The fourth-order valence-electron chi connectivity index (χ4n) is 1.13. The van der Waals surface area contributed by atoms with Crippen LogP contribution in [0, 0.1) is 0 Å². The number of aldehydes is 1. The van der Waals surface area contributed by atoms with Crippen molar-refractivity contribution in [1.82, 2.24) is 0 Å². The maximum absolute atomic E-state index is 10.1. The van der Waals surface area contributed by atoms with E-state index in [9.17, 15) is 4.79 Å². The predicted molar refractivity (Wildman–Crippen MR) is 55.5 cm³/mol. The lowest BCUT2D eigenvalue weighted by molar-refractivity contribution is -0.107. The monoisotopic (exact) mass is 216 g/mol. The van der Waals surface area contributed by atoms with Crippen molar-refractivity contribution < 1.29 is 4.79 Å². The van der Waals surface area contributed by atoms with Crippen molar-refractivity contribution in [1.29, 1.82) is 0 Å². The van der Waals surface area contributed by atoms with E-state index in [1.54, 1.807) is 0 Å². The Morgan fingerprint density at radius 2 is 1.85 bits per heavy atom. The molecule has 0 unspecified atom stereocenters. The lowest BCUT2D eigenvalue weighted by Gasteiger charge is -2.04. The molecule has 0 atom stereocenters. The van der Waals surface area contributed by atoms with E-state index in [4.69, 9.17) is 23.2 Å². The molecule has 70 valence electrons. The normalized spacial score (nSPS) is 10.0. The third-order valence-corrected chi connectivity index (χ3v) is 2.52. The molecule has 0 aliphatic rings. The van der Waals surface area contributed by atoms with Gasteiger partial charge in [0.05, 0.1) is 0 Å². The van der Waals surface area contributed by atoms with Gasteiger partial charge in [0.15, 0.2) is 0 Å². The Balaban J connectivity index is 2.69. The number of unbranched alkanes of at least 4 members (excludes halogenated alkanes) is 1. The van der Waals surface area contributed by atoms with Gasteiger partial charge in [-0.2, -0.15) is 0 Å². The largest absolute Gasteiger partial charge is 0.303 e. The minimum absolute atomic E-state index is 0.557. The van der Waals surface area contributed by atoms with Crippen LogP contribution >= 0.6 is 23.2 Å². The van der Waals surface area contributed by atoms with E-state index in [1.165, 1.54) is 0 Å². The van der Waals surface area contributed by atoms with Crippen molar-refractivity contribution >= 4 is 29.5 Å². The average Bonchev–Trinajstić information content (AvgIpc) is 2.10. The van der Waals surface area contributed by atoms with Gasteiger partial charge in [0, 0.05) is 16.5 Å². The summed E-state index contributed by atoms with van der Waals surface area (Å²) < 4.78 is 0. The Bertz CT molecular complexity index is 277. The molecule has 0 spiro atoms. The standard InChI is InChI=1S/C10H10Cl2O/c11-9-5-3-6-10(12)8(9)4-1-2-7-13/h3,5-7H,1-2,4H2. The Morgan fingerprint density at radius 1 is 1.23 bits per heavy atom. The number of benzene rings is 1. The number of halogens is 2. The molecule has 0 saturated carbocycles. The lowest BCUT2D eigenvalue weighted by atomic mass is 10.1. The molecule has 1 nitrogen and oxygen atoms in total. The molecule has 0 heterocycles. The molecular formula is C10H10Cl2O. The van der Waals surface area contributed by atoms with Crippen molar-refractivity contribution in [3.8, 4) is 0 Å². The van der Waals surface area contributed by atoms with Crippen molar-refractivity contribution in [3.63, 3.8) is 0 Å². The summed E-state index contributed by atoms with van der Waals surface area (Å²) in [6.07, 6.45) is 3.02. The Kier molecular flexibility index (Phi) is 4.26. The Hall–Kier alpha value is -0.530. The van der Waals surface area contributed by atoms with Gasteiger partial charge in [-0.3, -0.25) is 0 Å². The quantitative estimate of drug-likeness (QED) is 0.557. The molecular weight excluding hydrogens is 207 g/mol. The van der Waals surface area contributed by atoms with Crippen LogP contribution in [-0.2, 0) is 11.2 Å². The van der Waals surface area contributed by atoms with Crippen LogP contribution in [0.4, 0.5) is 0 Å². The molecule has 3 heteroatoms. The van der Waals surface area contributed by atoms with Gasteiger partial charge >= 0.3 is 0 Å². The van der Waals surface area contributed by atoms with Crippen LogP contribution in [0.15, 0.2) is 18.2 Å². The van der Waals surface area contributed by atoms with Gasteiger partial charge < -0.3 is 4.79 Å². The van der Waals surface area contributed by atoms with Crippen LogP contribution < -0.4 is 0 Å². The molecule has 0 aliphatic carbocycles. The number of hydrogen-bond donors (Lipinski definition) is 0. The van der Waals surface area contributed by atoms with Gasteiger partial charge in [-0.05, 0) is 30.5 Å². The number of hydrogen-bond acceptors (Lipinski definition) is 1. The van der Waals surface area contributed by atoms with Gasteiger partial charge in [-0.1, -0.05) is 29.3 Å². The third kappa shape index (κ3) is 3.02. The second-order valence-corrected chi connectivity index (χ2v) is 3.57. The maximum atomic E-state index is 10.1. The zero-order chi connectivity index (χ0) is 9.68. The van der Waals surface area contributed by atoms with E-state index in [0.29, 0.717) is 16.5 Å².